The summed E-state index contributed by atoms with van der Waals surface area (Å²) in [5.41, 5.74) is 0.139. The monoisotopic (exact) mass is 404 g/mol. The smallest absolute Gasteiger partial charge is 0.416 e. The molecule has 1 amide bonds. The first-order valence-corrected chi connectivity index (χ1v) is 8.77. The fraction of sp³-hybridized carbons (Fsp3) is 0.250. The topological polar surface area (TPSA) is 71.3 Å². The molecule has 3 rings (SSSR count). The molecule has 1 N–H and O–H groups in total. The molecule has 0 bridgehead atoms. The first-order chi connectivity index (χ1) is 13.8. The van der Waals surface area contributed by atoms with Gasteiger partial charge in [0.1, 0.15) is 0 Å². The quantitative estimate of drug-likeness (QED) is 0.678. The van der Waals surface area contributed by atoms with Crippen molar-refractivity contribution in [1.82, 2.24) is 20.2 Å². The molecule has 152 valence electrons. The number of carbonyl (C=O) groups is 1. The van der Waals surface area contributed by atoms with E-state index in [0.717, 1.165) is 12.1 Å². The summed E-state index contributed by atoms with van der Waals surface area (Å²) in [5, 5.41) is 2.76. The number of amides is 1. The highest BCUT2D eigenvalue weighted by molar-refractivity contribution is 5.98. The van der Waals surface area contributed by atoms with E-state index in [1.165, 1.54) is 18.3 Å². The Balaban J connectivity index is 1.95. The largest absolute Gasteiger partial charge is 0.435 e. The van der Waals surface area contributed by atoms with E-state index in [-0.39, 0.29) is 17.3 Å². The molecule has 9 heteroatoms. The molecule has 6 nitrogen and oxygen atoms in total. The number of benzene rings is 1. The maximum atomic E-state index is 12.8. The first kappa shape index (κ1) is 20.5. The summed E-state index contributed by atoms with van der Waals surface area (Å²) in [6.45, 7) is 1.04. The number of likely N-dealkylation sites (N-methyl/N-ethyl adjacent to an activating group) is 1. The van der Waals surface area contributed by atoms with Crippen LogP contribution in [0.25, 0.3) is 22.8 Å². The zero-order valence-corrected chi connectivity index (χ0v) is 15.8. The third-order valence-electron chi connectivity index (χ3n) is 4.07. The van der Waals surface area contributed by atoms with Gasteiger partial charge in [0, 0.05) is 36.6 Å². The fourth-order valence-corrected chi connectivity index (χ4v) is 2.57. The van der Waals surface area contributed by atoms with Crippen molar-refractivity contribution in [3.05, 3.63) is 60.0 Å². The highest BCUT2D eigenvalue weighted by Gasteiger charge is 2.30. The van der Waals surface area contributed by atoms with Crippen LogP contribution in [0, 0.1) is 0 Å². The first-order valence-electron chi connectivity index (χ1n) is 8.77. The van der Waals surface area contributed by atoms with E-state index in [4.69, 9.17) is 4.42 Å². The minimum Gasteiger partial charge on any atom is -0.435 e. The molecule has 0 unspecified atom stereocenters. The van der Waals surface area contributed by atoms with Crippen LogP contribution in [-0.4, -0.2) is 48.0 Å². The van der Waals surface area contributed by atoms with Crippen molar-refractivity contribution in [3.63, 3.8) is 0 Å². The Morgan fingerprint density at radius 1 is 1.14 bits per heavy atom. The Labute approximate surface area is 165 Å². The summed E-state index contributed by atoms with van der Waals surface area (Å²) in [6.07, 6.45) is -1.34. The van der Waals surface area contributed by atoms with E-state index in [9.17, 15) is 18.0 Å². The number of halogens is 3. The van der Waals surface area contributed by atoms with Crippen molar-refractivity contribution >= 4 is 5.91 Å². The van der Waals surface area contributed by atoms with Crippen molar-refractivity contribution in [2.75, 3.05) is 27.2 Å². The fourth-order valence-electron chi connectivity index (χ4n) is 2.57. The zero-order chi connectivity index (χ0) is 21.0. The number of nitrogens with zero attached hydrogens (tertiary/aromatic N) is 3. The zero-order valence-electron chi connectivity index (χ0n) is 15.8. The second-order valence-corrected chi connectivity index (χ2v) is 6.57. The van der Waals surface area contributed by atoms with Gasteiger partial charge in [0.2, 0.25) is 5.89 Å². The summed E-state index contributed by atoms with van der Waals surface area (Å²) in [6, 6.07) is 7.80. The average molecular weight is 404 g/mol. The second-order valence-electron chi connectivity index (χ2n) is 6.57. The van der Waals surface area contributed by atoms with Gasteiger partial charge >= 0.3 is 6.18 Å². The number of rotatable bonds is 6. The number of alkyl halides is 3. The Hall–Kier alpha value is -3.20. The summed E-state index contributed by atoms with van der Waals surface area (Å²) < 4.78 is 44.1. The number of aromatic nitrogens is 2. The summed E-state index contributed by atoms with van der Waals surface area (Å²) >= 11 is 0. The minimum atomic E-state index is -4.44. The van der Waals surface area contributed by atoms with Gasteiger partial charge in [-0.05, 0) is 50.5 Å². The van der Waals surface area contributed by atoms with Crippen molar-refractivity contribution in [2.24, 2.45) is 0 Å². The molecule has 0 saturated heterocycles. The van der Waals surface area contributed by atoms with Gasteiger partial charge in [0.25, 0.3) is 5.91 Å². The highest BCUT2D eigenvalue weighted by atomic mass is 19.4. The molecule has 2 heterocycles. The van der Waals surface area contributed by atoms with Crippen LogP contribution < -0.4 is 5.32 Å². The number of hydrogen-bond donors (Lipinski definition) is 1. The van der Waals surface area contributed by atoms with E-state index < -0.39 is 17.6 Å². The second kappa shape index (κ2) is 8.44. The molecule has 29 heavy (non-hydrogen) atoms. The van der Waals surface area contributed by atoms with Crippen molar-refractivity contribution in [2.45, 2.75) is 6.18 Å². The molecule has 1 aromatic carbocycles. The van der Waals surface area contributed by atoms with Gasteiger partial charge in [-0.15, -0.1) is 0 Å². The van der Waals surface area contributed by atoms with Crippen LogP contribution in [0.1, 0.15) is 16.1 Å². The predicted molar refractivity (Wildman–Crippen MR) is 101 cm³/mol. The molecule has 0 radical (unpaired) electrons. The van der Waals surface area contributed by atoms with Crippen LogP contribution in [-0.2, 0) is 6.18 Å². The highest BCUT2D eigenvalue weighted by Crippen LogP contribution is 2.33. The van der Waals surface area contributed by atoms with Crippen LogP contribution in [0.2, 0.25) is 0 Å². The Morgan fingerprint density at radius 3 is 2.45 bits per heavy atom. The van der Waals surface area contributed by atoms with E-state index in [1.54, 1.807) is 18.3 Å². The van der Waals surface area contributed by atoms with Gasteiger partial charge in [-0.3, -0.25) is 9.78 Å². The Kier molecular flexibility index (Phi) is 5.97. The molecule has 0 spiro atoms. The standard InChI is InChI=1S/C20H19F3N4O2/c1-27(2)11-10-25-18(28)16-17(14-4-3-9-24-12-14)29-19(26-16)13-5-7-15(8-6-13)20(21,22)23/h3-9,12H,10-11H2,1-2H3,(H,25,28). The lowest BCUT2D eigenvalue weighted by atomic mass is 10.1. The lowest BCUT2D eigenvalue weighted by Gasteiger charge is -2.09. The van der Waals surface area contributed by atoms with Gasteiger partial charge in [-0.25, -0.2) is 4.98 Å². The van der Waals surface area contributed by atoms with Crippen molar-refractivity contribution in [1.29, 1.82) is 0 Å². The molecule has 0 saturated carbocycles. The molecule has 0 fully saturated rings. The Bertz CT molecular complexity index is 968. The third-order valence-corrected chi connectivity index (χ3v) is 4.07. The van der Waals surface area contributed by atoms with Crippen molar-refractivity contribution < 1.29 is 22.4 Å². The number of hydrogen-bond acceptors (Lipinski definition) is 5. The van der Waals surface area contributed by atoms with Crippen LogP contribution in [0.5, 0.6) is 0 Å². The number of oxazole rings is 1. The van der Waals surface area contributed by atoms with Gasteiger partial charge in [-0.2, -0.15) is 13.2 Å². The SMILES string of the molecule is CN(C)CCNC(=O)c1nc(-c2ccc(C(F)(F)F)cc2)oc1-c1cccnc1. The molecule has 0 aliphatic heterocycles. The number of nitrogens with one attached hydrogen (secondary N) is 1. The van der Waals surface area contributed by atoms with E-state index in [1.807, 2.05) is 19.0 Å². The molecule has 2 aromatic heterocycles. The lowest BCUT2D eigenvalue weighted by Crippen LogP contribution is -2.31. The van der Waals surface area contributed by atoms with Crippen LogP contribution in [0.4, 0.5) is 13.2 Å². The van der Waals surface area contributed by atoms with E-state index in [0.29, 0.717) is 24.2 Å². The minimum absolute atomic E-state index is 0.0478. The van der Waals surface area contributed by atoms with Crippen LogP contribution in [0.15, 0.2) is 53.2 Å². The van der Waals surface area contributed by atoms with Gasteiger partial charge in [0.05, 0.1) is 5.56 Å². The summed E-state index contributed by atoms with van der Waals surface area (Å²) in [5.74, 6) is -0.182. The maximum absolute atomic E-state index is 12.8. The van der Waals surface area contributed by atoms with Gasteiger partial charge < -0.3 is 14.6 Å². The van der Waals surface area contributed by atoms with E-state index >= 15 is 0 Å². The molecule has 3 aromatic rings. The van der Waals surface area contributed by atoms with E-state index in [2.05, 4.69) is 15.3 Å². The molecule has 0 aliphatic carbocycles. The normalized spacial score (nSPS) is 11.7. The molecule has 0 aliphatic rings. The summed E-state index contributed by atoms with van der Waals surface area (Å²) in [4.78, 5) is 22.8. The maximum Gasteiger partial charge on any atom is 0.416 e. The van der Waals surface area contributed by atoms with Crippen LogP contribution in [0.3, 0.4) is 0 Å². The van der Waals surface area contributed by atoms with Gasteiger partial charge in [-0.1, -0.05) is 0 Å². The molecular formula is C20H19F3N4O2. The van der Waals surface area contributed by atoms with Gasteiger partial charge in [0.15, 0.2) is 11.5 Å². The van der Waals surface area contributed by atoms with Crippen molar-refractivity contribution in [3.8, 4) is 22.8 Å². The lowest BCUT2D eigenvalue weighted by molar-refractivity contribution is -0.137. The van der Waals surface area contributed by atoms with Crippen LogP contribution >= 0.6 is 0 Å². The number of carbonyl (C=O) groups excluding carboxylic acids is 1. The Morgan fingerprint density at radius 2 is 1.86 bits per heavy atom. The summed E-state index contributed by atoms with van der Waals surface area (Å²) in [7, 11) is 3.76. The predicted octanol–water partition coefficient (Wildman–Crippen LogP) is 3.71. The molecule has 0 atom stereocenters. The third kappa shape index (κ3) is 5.00. The number of pyridine rings is 1. The molecular weight excluding hydrogens is 385 g/mol. The average Bonchev–Trinajstić information content (AvgIpc) is 3.13.